The molecule has 6 nitrogen and oxygen atoms in total. The lowest BCUT2D eigenvalue weighted by Gasteiger charge is -2.22. The number of carboxylic acid groups (broad SMARTS) is 1. The van der Waals surface area contributed by atoms with Crippen LogP contribution in [0.15, 0.2) is 23.1 Å². The molecular weight excluding hydrogens is 332 g/mol. The van der Waals surface area contributed by atoms with Crippen LogP contribution in [0, 0.1) is 0 Å². The second-order valence-electron chi connectivity index (χ2n) is 4.01. The summed E-state index contributed by atoms with van der Waals surface area (Å²) in [7, 11) is -3.36. The number of halogens is 3. The molecule has 0 fully saturated rings. The zero-order valence-corrected chi connectivity index (χ0v) is 12.5. The van der Waals surface area contributed by atoms with Gasteiger partial charge < -0.3 is 9.84 Å². The summed E-state index contributed by atoms with van der Waals surface area (Å²) >= 11 is 5.66. The lowest BCUT2D eigenvalue weighted by molar-refractivity contribution is -0.140. The van der Waals surface area contributed by atoms with Gasteiger partial charge in [0.25, 0.3) is 0 Å². The molecule has 118 valence electrons. The van der Waals surface area contributed by atoms with Gasteiger partial charge in [0, 0.05) is 12.1 Å². The Kier molecular flexibility index (Phi) is 5.48. The minimum absolute atomic E-state index is 0.0217. The molecule has 0 saturated carbocycles. The van der Waals surface area contributed by atoms with Crippen LogP contribution in [0.1, 0.15) is 6.92 Å². The molecule has 0 aliphatic carbocycles. The number of ether oxygens (including phenoxy) is 1. The van der Waals surface area contributed by atoms with E-state index in [2.05, 4.69) is 4.74 Å². The molecule has 1 N–H and O–H groups in total. The molecule has 1 aromatic carbocycles. The molecule has 1 aromatic rings. The molecule has 1 rings (SSSR count). The quantitative estimate of drug-likeness (QED) is 0.854. The van der Waals surface area contributed by atoms with E-state index in [4.69, 9.17) is 16.7 Å². The largest absolute Gasteiger partial charge is 0.480 e. The van der Waals surface area contributed by atoms with Crippen LogP contribution in [0.3, 0.4) is 0 Å². The number of likely N-dealkylation sites (N-methyl/N-ethyl adjacent to an activating group) is 1. The molecule has 0 saturated heterocycles. The van der Waals surface area contributed by atoms with Crippen LogP contribution in [0.2, 0.25) is 5.02 Å². The molecule has 0 bridgehead atoms. The number of hydrogen-bond donors (Lipinski definition) is 1. The molecule has 21 heavy (non-hydrogen) atoms. The lowest BCUT2D eigenvalue weighted by atomic mass is 10.3. The summed E-state index contributed by atoms with van der Waals surface area (Å²) in [5.41, 5.74) is 0. The zero-order valence-electron chi connectivity index (χ0n) is 11.0. The standard InChI is InChI=1S/C11H12ClF2NO5S/c1-6(10(16)17)15(2)21(18,19)9-5-7(12)3-4-8(9)20-11(13)14/h3-6,11H,1-2H3,(H,16,17). The highest BCUT2D eigenvalue weighted by Crippen LogP contribution is 2.31. The highest BCUT2D eigenvalue weighted by molar-refractivity contribution is 7.89. The first-order valence-corrected chi connectivity index (χ1v) is 7.34. The highest BCUT2D eigenvalue weighted by Gasteiger charge is 2.32. The van der Waals surface area contributed by atoms with Crippen LogP contribution >= 0.6 is 11.6 Å². The van der Waals surface area contributed by atoms with Crippen molar-refractivity contribution in [3.63, 3.8) is 0 Å². The van der Waals surface area contributed by atoms with E-state index >= 15 is 0 Å². The third-order valence-corrected chi connectivity index (χ3v) is 4.87. The number of nitrogens with zero attached hydrogens (tertiary/aromatic N) is 1. The number of benzene rings is 1. The van der Waals surface area contributed by atoms with Gasteiger partial charge in [0.1, 0.15) is 16.7 Å². The van der Waals surface area contributed by atoms with E-state index in [1.54, 1.807) is 0 Å². The van der Waals surface area contributed by atoms with Crippen LogP contribution in [0.4, 0.5) is 8.78 Å². The minimum atomic E-state index is -4.37. The Morgan fingerprint density at radius 3 is 2.48 bits per heavy atom. The highest BCUT2D eigenvalue weighted by atomic mass is 35.5. The van der Waals surface area contributed by atoms with E-state index in [1.165, 1.54) is 6.07 Å². The maximum absolute atomic E-state index is 12.3. The summed E-state index contributed by atoms with van der Waals surface area (Å²) in [4.78, 5) is 10.2. The predicted molar refractivity (Wildman–Crippen MR) is 70.1 cm³/mol. The second kappa shape index (κ2) is 6.54. The summed E-state index contributed by atoms with van der Waals surface area (Å²) in [6.07, 6.45) is 0. The van der Waals surface area contributed by atoms with E-state index in [0.717, 1.165) is 26.1 Å². The minimum Gasteiger partial charge on any atom is -0.480 e. The Morgan fingerprint density at radius 2 is 2.00 bits per heavy atom. The molecule has 1 unspecified atom stereocenters. The topological polar surface area (TPSA) is 83.9 Å². The van der Waals surface area contributed by atoms with Crippen molar-refractivity contribution in [1.29, 1.82) is 0 Å². The van der Waals surface area contributed by atoms with E-state index in [-0.39, 0.29) is 5.02 Å². The van der Waals surface area contributed by atoms with Gasteiger partial charge in [0.15, 0.2) is 0 Å². The zero-order chi connectivity index (χ0) is 16.4. The molecule has 1 atom stereocenters. The van der Waals surface area contributed by atoms with E-state index < -0.39 is 39.3 Å². The molecule has 0 radical (unpaired) electrons. The van der Waals surface area contributed by atoms with Gasteiger partial charge in [-0.15, -0.1) is 0 Å². The van der Waals surface area contributed by atoms with Crippen LogP contribution < -0.4 is 4.74 Å². The smallest absolute Gasteiger partial charge is 0.387 e. The van der Waals surface area contributed by atoms with Crippen LogP contribution in [0.5, 0.6) is 5.75 Å². The Bertz CT molecular complexity index is 638. The first-order chi connectivity index (χ1) is 9.57. The van der Waals surface area contributed by atoms with Crippen molar-refractivity contribution in [2.75, 3.05) is 7.05 Å². The van der Waals surface area contributed by atoms with Crippen molar-refractivity contribution in [1.82, 2.24) is 4.31 Å². The molecule has 0 heterocycles. The molecule has 0 spiro atoms. The molecule has 0 aliphatic rings. The first kappa shape index (κ1) is 17.6. The second-order valence-corrected chi connectivity index (χ2v) is 6.41. The van der Waals surface area contributed by atoms with Gasteiger partial charge in [-0.25, -0.2) is 8.42 Å². The lowest BCUT2D eigenvalue weighted by Crippen LogP contribution is -2.40. The number of aliphatic carboxylic acids is 1. The number of carbonyl (C=O) groups is 1. The van der Waals surface area contributed by atoms with Crippen molar-refractivity contribution in [2.24, 2.45) is 0 Å². The van der Waals surface area contributed by atoms with Crippen molar-refractivity contribution in [2.45, 2.75) is 24.5 Å². The summed E-state index contributed by atoms with van der Waals surface area (Å²) in [6, 6.07) is 1.67. The number of alkyl halides is 2. The number of sulfonamides is 1. The average molecular weight is 344 g/mol. The maximum atomic E-state index is 12.3. The molecule has 0 amide bonds. The summed E-state index contributed by atoms with van der Waals surface area (Å²) < 4.78 is 53.9. The van der Waals surface area contributed by atoms with Crippen LogP contribution in [0.25, 0.3) is 0 Å². The van der Waals surface area contributed by atoms with Crippen molar-refractivity contribution >= 4 is 27.6 Å². The Balaban J connectivity index is 3.36. The predicted octanol–water partition coefficient (Wildman–Crippen LogP) is 2.04. The SMILES string of the molecule is CC(C(=O)O)N(C)S(=O)(=O)c1cc(Cl)ccc1OC(F)F. The fourth-order valence-electron chi connectivity index (χ4n) is 1.40. The monoisotopic (exact) mass is 343 g/mol. The Morgan fingerprint density at radius 1 is 1.43 bits per heavy atom. The van der Waals surface area contributed by atoms with Crippen molar-refractivity contribution in [3.05, 3.63) is 23.2 Å². The molecular formula is C11H12ClF2NO5S. The van der Waals surface area contributed by atoms with E-state index in [1.807, 2.05) is 0 Å². The fraction of sp³-hybridized carbons (Fsp3) is 0.364. The third-order valence-electron chi connectivity index (χ3n) is 2.68. The molecule has 0 aliphatic heterocycles. The van der Waals surface area contributed by atoms with Crippen LogP contribution in [-0.4, -0.2) is 43.5 Å². The van der Waals surface area contributed by atoms with Gasteiger partial charge in [-0.05, 0) is 25.1 Å². The number of hydrogen-bond acceptors (Lipinski definition) is 4. The third kappa shape index (κ3) is 4.02. The van der Waals surface area contributed by atoms with Crippen molar-refractivity contribution in [3.8, 4) is 5.75 Å². The van der Waals surface area contributed by atoms with E-state index in [9.17, 15) is 22.0 Å². The Hall–Kier alpha value is -1.45. The van der Waals surface area contributed by atoms with Gasteiger partial charge in [0.05, 0.1) is 0 Å². The van der Waals surface area contributed by atoms with Crippen LogP contribution in [-0.2, 0) is 14.8 Å². The summed E-state index contributed by atoms with van der Waals surface area (Å²) in [6.45, 7) is -2.10. The van der Waals surface area contributed by atoms with Gasteiger partial charge in [-0.1, -0.05) is 11.6 Å². The average Bonchev–Trinajstić information content (AvgIpc) is 2.38. The Labute approximate surface area is 124 Å². The van der Waals surface area contributed by atoms with Gasteiger partial charge in [-0.3, -0.25) is 4.79 Å². The van der Waals surface area contributed by atoms with Gasteiger partial charge in [0.2, 0.25) is 10.0 Å². The molecule has 10 heteroatoms. The fourth-order valence-corrected chi connectivity index (χ4v) is 3.10. The molecule has 0 aromatic heterocycles. The van der Waals surface area contributed by atoms with E-state index in [0.29, 0.717) is 4.31 Å². The summed E-state index contributed by atoms with van der Waals surface area (Å²) in [5.74, 6) is -2.00. The first-order valence-electron chi connectivity index (χ1n) is 5.52. The normalized spacial score (nSPS) is 13.5. The number of carboxylic acids is 1. The summed E-state index contributed by atoms with van der Waals surface area (Å²) in [5, 5.41) is 8.83. The number of rotatable bonds is 6. The maximum Gasteiger partial charge on any atom is 0.387 e. The van der Waals surface area contributed by atoms with Gasteiger partial charge >= 0.3 is 12.6 Å². The van der Waals surface area contributed by atoms with Gasteiger partial charge in [-0.2, -0.15) is 13.1 Å². The van der Waals surface area contributed by atoms with Crippen molar-refractivity contribution < 1.29 is 31.8 Å².